The van der Waals surface area contributed by atoms with Crippen LogP contribution in [0.5, 0.6) is 0 Å². The first-order chi connectivity index (χ1) is 12.6. The van der Waals surface area contributed by atoms with Crippen molar-refractivity contribution in [3.05, 3.63) is 53.1 Å². The highest BCUT2D eigenvalue weighted by atomic mass is 35.5. The molecule has 2 aromatic carbocycles. The zero-order valence-electron chi connectivity index (χ0n) is 14.1. The van der Waals surface area contributed by atoms with Crippen LogP contribution in [0.25, 0.3) is 0 Å². The topological polar surface area (TPSA) is 56.1 Å². The SMILES string of the molecule is O=C(O)CN1CCN(C2=Nc3ccccc3Sc3ccc(Cl)cc32)CC1. The molecule has 0 spiro atoms. The van der Waals surface area contributed by atoms with Gasteiger partial charge in [0.2, 0.25) is 0 Å². The average molecular weight is 388 g/mol. The van der Waals surface area contributed by atoms with Crippen molar-refractivity contribution >= 4 is 40.9 Å². The fourth-order valence-electron chi connectivity index (χ4n) is 3.24. The van der Waals surface area contributed by atoms with Crippen molar-refractivity contribution < 1.29 is 9.90 Å². The van der Waals surface area contributed by atoms with E-state index in [0.29, 0.717) is 18.1 Å². The summed E-state index contributed by atoms with van der Waals surface area (Å²) in [6.45, 7) is 2.98. The van der Waals surface area contributed by atoms with Crippen molar-refractivity contribution in [1.82, 2.24) is 9.80 Å². The van der Waals surface area contributed by atoms with E-state index in [-0.39, 0.29) is 6.54 Å². The molecule has 5 nitrogen and oxygen atoms in total. The lowest BCUT2D eigenvalue weighted by Gasteiger charge is -2.36. The highest BCUT2D eigenvalue weighted by Crippen LogP contribution is 2.41. The number of carboxylic acids is 1. The summed E-state index contributed by atoms with van der Waals surface area (Å²) in [5.74, 6) is 0.127. The van der Waals surface area contributed by atoms with E-state index in [9.17, 15) is 4.79 Å². The van der Waals surface area contributed by atoms with Crippen molar-refractivity contribution in [3.8, 4) is 0 Å². The molecule has 0 amide bonds. The molecule has 1 N–H and O–H groups in total. The lowest BCUT2D eigenvalue weighted by molar-refractivity contribution is -0.138. The molecule has 0 unspecified atom stereocenters. The molecule has 7 heteroatoms. The number of hydrogen-bond acceptors (Lipinski definition) is 5. The number of halogens is 1. The van der Waals surface area contributed by atoms with Crippen LogP contribution in [-0.2, 0) is 4.79 Å². The van der Waals surface area contributed by atoms with Crippen LogP contribution in [0.4, 0.5) is 5.69 Å². The lowest BCUT2D eigenvalue weighted by Crippen LogP contribution is -2.50. The number of aliphatic carboxylic acids is 1. The Morgan fingerprint density at radius 1 is 1.12 bits per heavy atom. The van der Waals surface area contributed by atoms with E-state index in [1.54, 1.807) is 11.8 Å². The molecule has 0 aliphatic carbocycles. The number of nitrogens with zero attached hydrogens (tertiary/aromatic N) is 3. The first kappa shape index (κ1) is 17.4. The van der Waals surface area contributed by atoms with Gasteiger partial charge in [-0.3, -0.25) is 9.69 Å². The second-order valence-electron chi connectivity index (χ2n) is 6.30. The first-order valence-electron chi connectivity index (χ1n) is 8.45. The minimum absolute atomic E-state index is 0.0847. The highest BCUT2D eigenvalue weighted by molar-refractivity contribution is 7.99. The fraction of sp³-hybridized carbons (Fsp3) is 0.263. The second kappa shape index (κ2) is 7.31. The van der Waals surface area contributed by atoms with Gasteiger partial charge in [-0.2, -0.15) is 0 Å². The van der Waals surface area contributed by atoms with Crippen LogP contribution < -0.4 is 0 Å². The Kier molecular flexibility index (Phi) is 4.89. The molecule has 0 aromatic heterocycles. The molecule has 2 aromatic rings. The summed E-state index contributed by atoms with van der Waals surface area (Å²) >= 11 is 7.97. The van der Waals surface area contributed by atoms with Crippen LogP contribution in [0.3, 0.4) is 0 Å². The smallest absolute Gasteiger partial charge is 0.317 e. The monoisotopic (exact) mass is 387 g/mol. The van der Waals surface area contributed by atoms with Crippen LogP contribution in [-0.4, -0.2) is 59.4 Å². The molecule has 2 heterocycles. The van der Waals surface area contributed by atoms with Crippen LogP contribution >= 0.6 is 23.4 Å². The maximum Gasteiger partial charge on any atom is 0.317 e. The van der Waals surface area contributed by atoms with Gasteiger partial charge >= 0.3 is 5.97 Å². The van der Waals surface area contributed by atoms with Crippen molar-refractivity contribution in [2.24, 2.45) is 4.99 Å². The Hall–Kier alpha value is -2.02. The lowest BCUT2D eigenvalue weighted by atomic mass is 10.1. The summed E-state index contributed by atoms with van der Waals surface area (Å²) in [5, 5.41) is 9.68. The molecular weight excluding hydrogens is 370 g/mol. The van der Waals surface area contributed by atoms with Crippen molar-refractivity contribution in [2.75, 3.05) is 32.7 Å². The third kappa shape index (κ3) is 3.58. The van der Waals surface area contributed by atoms with E-state index < -0.39 is 5.97 Å². The van der Waals surface area contributed by atoms with Crippen LogP contribution in [0.1, 0.15) is 5.56 Å². The summed E-state index contributed by atoms with van der Waals surface area (Å²) in [5.41, 5.74) is 1.98. The molecule has 2 aliphatic rings. The van der Waals surface area contributed by atoms with Gasteiger partial charge in [0.25, 0.3) is 0 Å². The van der Waals surface area contributed by atoms with Gasteiger partial charge in [0.05, 0.1) is 12.2 Å². The molecule has 4 rings (SSSR count). The van der Waals surface area contributed by atoms with Crippen molar-refractivity contribution in [1.29, 1.82) is 0 Å². The number of piperazine rings is 1. The van der Waals surface area contributed by atoms with E-state index in [1.807, 2.05) is 41.3 Å². The predicted molar refractivity (Wildman–Crippen MR) is 104 cm³/mol. The number of amidine groups is 1. The molecular formula is C19H18ClN3O2S. The molecule has 134 valence electrons. The van der Waals surface area contributed by atoms with Gasteiger partial charge < -0.3 is 10.0 Å². The largest absolute Gasteiger partial charge is 0.480 e. The standard InChI is InChI=1S/C19H18ClN3O2S/c20-13-5-6-16-14(11-13)19(21-15-3-1-2-4-17(15)26-16)23-9-7-22(8-10-23)12-18(24)25/h1-6,11H,7-10,12H2,(H,24,25). The maximum absolute atomic E-state index is 10.9. The number of benzene rings is 2. The van der Waals surface area contributed by atoms with Gasteiger partial charge in [0.1, 0.15) is 5.84 Å². The number of para-hydroxylation sites is 1. The molecule has 0 atom stereocenters. The second-order valence-corrected chi connectivity index (χ2v) is 7.82. The Bertz CT molecular complexity index is 879. The zero-order valence-corrected chi connectivity index (χ0v) is 15.6. The van der Waals surface area contributed by atoms with E-state index in [2.05, 4.69) is 11.0 Å². The normalized spacial score (nSPS) is 17.1. The van der Waals surface area contributed by atoms with Gasteiger partial charge in [-0.25, -0.2) is 4.99 Å². The number of aliphatic imine (C=N–C) groups is 1. The molecule has 0 bridgehead atoms. The van der Waals surface area contributed by atoms with Crippen LogP contribution in [0.2, 0.25) is 5.02 Å². The third-order valence-corrected chi connectivity index (χ3v) is 5.90. The number of hydrogen-bond donors (Lipinski definition) is 1. The molecule has 2 aliphatic heterocycles. The number of carbonyl (C=O) groups is 1. The quantitative estimate of drug-likeness (QED) is 0.853. The Labute approximate surface area is 161 Å². The summed E-state index contributed by atoms with van der Waals surface area (Å²) < 4.78 is 0. The van der Waals surface area contributed by atoms with E-state index >= 15 is 0 Å². The van der Waals surface area contributed by atoms with E-state index in [4.69, 9.17) is 21.7 Å². The van der Waals surface area contributed by atoms with Gasteiger partial charge in [-0.1, -0.05) is 35.5 Å². The predicted octanol–water partition coefficient (Wildman–Crippen LogP) is 3.59. The Balaban J connectivity index is 1.69. The molecule has 26 heavy (non-hydrogen) atoms. The summed E-state index contributed by atoms with van der Waals surface area (Å²) in [6, 6.07) is 14.0. The zero-order chi connectivity index (χ0) is 18.1. The van der Waals surface area contributed by atoms with Gasteiger partial charge in [0.15, 0.2) is 0 Å². The molecule has 0 radical (unpaired) electrons. The third-order valence-electron chi connectivity index (χ3n) is 4.52. The summed E-state index contributed by atoms with van der Waals surface area (Å²) in [7, 11) is 0. The maximum atomic E-state index is 10.9. The molecule has 1 saturated heterocycles. The summed E-state index contributed by atoms with van der Waals surface area (Å²) in [4.78, 5) is 22.3. The number of rotatable bonds is 2. The van der Waals surface area contributed by atoms with Crippen LogP contribution in [0, 0.1) is 0 Å². The minimum Gasteiger partial charge on any atom is -0.480 e. The number of fused-ring (bicyclic) bond motifs is 2. The van der Waals surface area contributed by atoms with Crippen molar-refractivity contribution in [2.45, 2.75) is 9.79 Å². The minimum atomic E-state index is -0.785. The van der Waals surface area contributed by atoms with Gasteiger partial charge in [-0.15, -0.1) is 0 Å². The number of carboxylic acid groups (broad SMARTS) is 1. The summed E-state index contributed by atoms with van der Waals surface area (Å²) in [6.07, 6.45) is 0. The van der Waals surface area contributed by atoms with Crippen molar-refractivity contribution in [3.63, 3.8) is 0 Å². The molecule has 1 fully saturated rings. The first-order valence-corrected chi connectivity index (χ1v) is 9.64. The highest BCUT2D eigenvalue weighted by Gasteiger charge is 2.26. The van der Waals surface area contributed by atoms with Crippen LogP contribution in [0.15, 0.2) is 57.2 Å². The van der Waals surface area contributed by atoms with E-state index in [1.165, 1.54) is 0 Å². The van der Waals surface area contributed by atoms with Gasteiger partial charge in [-0.05, 0) is 30.3 Å². The fourth-order valence-corrected chi connectivity index (χ4v) is 4.41. The van der Waals surface area contributed by atoms with Gasteiger partial charge in [0, 0.05) is 46.6 Å². The van der Waals surface area contributed by atoms with E-state index in [0.717, 1.165) is 40.0 Å². The Morgan fingerprint density at radius 3 is 2.65 bits per heavy atom. The molecule has 0 saturated carbocycles. The average Bonchev–Trinajstić information content (AvgIpc) is 2.78. The Morgan fingerprint density at radius 2 is 1.88 bits per heavy atom.